The molecule has 2 aliphatic heterocycles. The molecule has 1 atom stereocenters. The van der Waals surface area contributed by atoms with Crippen molar-refractivity contribution in [1.82, 2.24) is 9.88 Å². The smallest absolute Gasteiger partial charge is 0.410 e. The molecule has 1 unspecified atom stereocenters. The number of aromatic nitrogens is 1. The third-order valence-electron chi connectivity index (χ3n) is 3.97. The minimum atomic E-state index is -0.884. The fourth-order valence-electron chi connectivity index (χ4n) is 2.94. The van der Waals surface area contributed by atoms with Crippen LogP contribution >= 0.6 is 0 Å². The maximum atomic E-state index is 12.6. The van der Waals surface area contributed by atoms with Crippen molar-refractivity contribution in [2.45, 2.75) is 38.7 Å². The van der Waals surface area contributed by atoms with Gasteiger partial charge in [-0.1, -0.05) is 18.2 Å². The Morgan fingerprint density at radius 1 is 1.39 bits per heavy atom. The largest absolute Gasteiger partial charge is 0.444 e. The Bertz CT molecular complexity index is 706. The molecule has 2 amide bonds. The lowest BCUT2D eigenvalue weighted by molar-refractivity contribution is -0.120. The van der Waals surface area contributed by atoms with Crippen molar-refractivity contribution in [3.05, 3.63) is 35.5 Å². The highest BCUT2D eigenvalue weighted by molar-refractivity contribution is 6.07. The molecular weight excluding hydrogens is 294 g/mol. The first-order valence-corrected chi connectivity index (χ1v) is 7.66. The summed E-state index contributed by atoms with van der Waals surface area (Å²) in [4.78, 5) is 30.9. The molecule has 0 aliphatic carbocycles. The number of pyridine rings is 1. The van der Waals surface area contributed by atoms with Crippen molar-refractivity contribution >= 4 is 17.8 Å². The van der Waals surface area contributed by atoms with Gasteiger partial charge in [0, 0.05) is 24.3 Å². The Morgan fingerprint density at radius 2 is 2.13 bits per heavy atom. The lowest BCUT2D eigenvalue weighted by Gasteiger charge is -2.35. The van der Waals surface area contributed by atoms with Crippen molar-refractivity contribution in [2.75, 3.05) is 18.4 Å². The zero-order valence-electron chi connectivity index (χ0n) is 13.8. The third kappa shape index (κ3) is 2.69. The van der Waals surface area contributed by atoms with Gasteiger partial charge in [-0.05, 0) is 33.8 Å². The van der Waals surface area contributed by atoms with Crippen LogP contribution in [0.3, 0.4) is 0 Å². The van der Waals surface area contributed by atoms with Crippen LogP contribution in [0.1, 0.15) is 32.0 Å². The summed E-state index contributed by atoms with van der Waals surface area (Å²) in [5.41, 5.74) is 0.188. The third-order valence-corrected chi connectivity index (χ3v) is 3.97. The number of rotatable bonds is 0. The zero-order valence-corrected chi connectivity index (χ0v) is 13.8. The van der Waals surface area contributed by atoms with Gasteiger partial charge in [0.15, 0.2) is 0 Å². The van der Waals surface area contributed by atoms with E-state index in [0.717, 1.165) is 11.3 Å². The molecule has 1 N–H and O–H groups in total. The van der Waals surface area contributed by atoms with Crippen molar-refractivity contribution in [1.29, 1.82) is 0 Å². The van der Waals surface area contributed by atoms with E-state index in [1.807, 2.05) is 52.0 Å². The van der Waals surface area contributed by atoms with E-state index in [1.165, 1.54) is 0 Å². The number of carbonyl (C=O) groups is 2. The van der Waals surface area contributed by atoms with Crippen LogP contribution in [0.25, 0.3) is 0 Å². The van der Waals surface area contributed by atoms with E-state index in [-0.39, 0.29) is 12.5 Å². The summed E-state index contributed by atoms with van der Waals surface area (Å²) < 4.78 is 5.43. The summed E-state index contributed by atoms with van der Waals surface area (Å²) >= 11 is 0. The molecule has 0 bridgehead atoms. The van der Waals surface area contributed by atoms with Crippen molar-refractivity contribution in [3.63, 3.8) is 0 Å². The minimum absolute atomic E-state index is 0.157. The van der Waals surface area contributed by atoms with E-state index in [0.29, 0.717) is 12.4 Å². The van der Waals surface area contributed by atoms with Gasteiger partial charge in [-0.15, -0.1) is 0 Å². The normalized spacial score (nSPS) is 23.0. The number of aryl methyl sites for hydroxylation is 1. The van der Waals surface area contributed by atoms with E-state index in [9.17, 15) is 9.59 Å². The molecule has 23 heavy (non-hydrogen) atoms. The van der Waals surface area contributed by atoms with E-state index in [2.05, 4.69) is 10.3 Å². The van der Waals surface area contributed by atoms with Gasteiger partial charge < -0.3 is 15.0 Å². The van der Waals surface area contributed by atoms with E-state index in [1.54, 1.807) is 4.90 Å². The lowest BCUT2D eigenvalue weighted by Crippen LogP contribution is -2.50. The van der Waals surface area contributed by atoms with Gasteiger partial charge >= 0.3 is 6.09 Å². The van der Waals surface area contributed by atoms with Gasteiger partial charge in [-0.2, -0.15) is 0 Å². The standard InChI is InChI=1S/C17H21N3O3/c1-11-6-7-12-13(18-11)19-14(21)17(12)8-5-9-20(10-17)15(22)23-16(2,3)4/h5-8H,9-10H2,1-4H3,(H,18,19,21). The van der Waals surface area contributed by atoms with E-state index in [4.69, 9.17) is 4.74 Å². The molecule has 6 heteroatoms. The number of hydrogen-bond donors (Lipinski definition) is 1. The Balaban J connectivity index is 1.92. The highest BCUT2D eigenvalue weighted by Gasteiger charge is 2.49. The summed E-state index contributed by atoms with van der Waals surface area (Å²) in [5, 5.41) is 2.83. The maximum absolute atomic E-state index is 12.6. The molecule has 6 nitrogen and oxygen atoms in total. The quantitative estimate of drug-likeness (QED) is 0.746. The number of amides is 2. The van der Waals surface area contributed by atoms with Crippen molar-refractivity contribution < 1.29 is 14.3 Å². The molecule has 3 heterocycles. The number of ether oxygens (including phenoxy) is 1. The monoisotopic (exact) mass is 315 g/mol. The number of carbonyl (C=O) groups excluding carboxylic acids is 2. The predicted octanol–water partition coefficient (Wildman–Crippen LogP) is 2.39. The van der Waals surface area contributed by atoms with Gasteiger partial charge in [0.2, 0.25) is 5.91 Å². The van der Waals surface area contributed by atoms with E-state index < -0.39 is 17.1 Å². The first-order chi connectivity index (χ1) is 10.7. The highest BCUT2D eigenvalue weighted by Crippen LogP contribution is 2.40. The number of nitrogens with one attached hydrogen (secondary N) is 1. The summed E-state index contributed by atoms with van der Waals surface area (Å²) in [6, 6.07) is 3.78. The van der Waals surface area contributed by atoms with Crippen LogP contribution in [0.2, 0.25) is 0 Å². The van der Waals surface area contributed by atoms with Crippen LogP contribution < -0.4 is 5.32 Å². The molecule has 0 fully saturated rings. The highest BCUT2D eigenvalue weighted by atomic mass is 16.6. The number of anilines is 1. The second-order valence-corrected chi connectivity index (χ2v) is 7.04. The topological polar surface area (TPSA) is 71.5 Å². The summed E-state index contributed by atoms with van der Waals surface area (Å²) in [6.45, 7) is 8.03. The molecule has 2 aliphatic rings. The molecule has 1 spiro atoms. The van der Waals surface area contributed by atoms with Crippen LogP contribution in [0.4, 0.5) is 10.6 Å². The molecule has 3 rings (SSSR count). The first kappa shape index (κ1) is 15.5. The average Bonchev–Trinajstić information content (AvgIpc) is 2.69. The van der Waals surface area contributed by atoms with Gasteiger partial charge in [-0.25, -0.2) is 9.78 Å². The van der Waals surface area contributed by atoms with Crippen molar-refractivity contribution in [3.8, 4) is 0 Å². The number of fused-ring (bicyclic) bond motifs is 2. The lowest BCUT2D eigenvalue weighted by atomic mass is 9.79. The fourth-order valence-corrected chi connectivity index (χ4v) is 2.94. The molecule has 0 radical (unpaired) electrons. The molecule has 0 aromatic carbocycles. The maximum Gasteiger partial charge on any atom is 0.410 e. The second-order valence-electron chi connectivity index (χ2n) is 7.04. The molecule has 1 aromatic heterocycles. The van der Waals surface area contributed by atoms with Gasteiger partial charge in [0.1, 0.15) is 16.8 Å². The first-order valence-electron chi connectivity index (χ1n) is 7.66. The Hall–Kier alpha value is -2.37. The summed E-state index contributed by atoms with van der Waals surface area (Å²) in [5.74, 6) is 0.417. The average molecular weight is 315 g/mol. The number of nitrogens with zero attached hydrogens (tertiary/aromatic N) is 2. The van der Waals surface area contributed by atoms with Gasteiger partial charge in [0.25, 0.3) is 0 Å². The Kier molecular flexibility index (Phi) is 3.43. The summed E-state index contributed by atoms with van der Waals surface area (Å²) in [7, 11) is 0. The van der Waals surface area contributed by atoms with Crippen LogP contribution in [-0.4, -0.2) is 40.6 Å². The molecular formula is C17H21N3O3. The molecule has 0 saturated heterocycles. The van der Waals surface area contributed by atoms with Crippen LogP contribution in [0.15, 0.2) is 24.3 Å². The number of hydrogen-bond acceptors (Lipinski definition) is 4. The Morgan fingerprint density at radius 3 is 2.83 bits per heavy atom. The van der Waals surface area contributed by atoms with Crippen LogP contribution in [0, 0.1) is 6.92 Å². The van der Waals surface area contributed by atoms with Crippen LogP contribution in [0.5, 0.6) is 0 Å². The minimum Gasteiger partial charge on any atom is -0.444 e. The summed E-state index contributed by atoms with van der Waals surface area (Å²) in [6.07, 6.45) is 3.29. The van der Waals surface area contributed by atoms with E-state index >= 15 is 0 Å². The van der Waals surface area contributed by atoms with Gasteiger partial charge in [0.05, 0.1) is 0 Å². The molecule has 122 valence electrons. The second kappa shape index (κ2) is 5.08. The molecule has 0 saturated carbocycles. The Labute approximate surface area is 135 Å². The SMILES string of the molecule is Cc1ccc2c(n1)NC(=O)C21C=CCN(C(=O)OC(C)(C)C)C1. The molecule has 1 aromatic rings. The van der Waals surface area contributed by atoms with Crippen LogP contribution in [-0.2, 0) is 14.9 Å². The van der Waals surface area contributed by atoms with Gasteiger partial charge in [-0.3, -0.25) is 4.79 Å². The zero-order chi connectivity index (χ0) is 16.8. The van der Waals surface area contributed by atoms with Crippen molar-refractivity contribution in [2.24, 2.45) is 0 Å². The fraction of sp³-hybridized carbons (Fsp3) is 0.471. The predicted molar refractivity (Wildman–Crippen MR) is 86.2 cm³/mol.